The van der Waals surface area contributed by atoms with Crippen LogP contribution >= 0.6 is 0 Å². The van der Waals surface area contributed by atoms with Crippen molar-refractivity contribution < 1.29 is 13.5 Å². The molecule has 0 aliphatic carbocycles. The van der Waals surface area contributed by atoms with Crippen molar-refractivity contribution in [2.45, 2.75) is 11.8 Å². The van der Waals surface area contributed by atoms with E-state index >= 15 is 0 Å². The number of nitrogens with two attached hydrogens (primary N) is 1. The second kappa shape index (κ2) is 4.45. The molecule has 1 rings (SSSR count). The number of rotatable bonds is 1. The van der Waals surface area contributed by atoms with E-state index in [0.717, 1.165) is 0 Å². The second-order valence-electron chi connectivity index (χ2n) is 2.93. The number of benzene rings is 1. The Labute approximate surface area is 88.8 Å². The van der Waals surface area contributed by atoms with Crippen LogP contribution in [0.3, 0.4) is 0 Å². The number of hydrogen-bond donors (Lipinski definition) is 2. The normalized spacial score (nSPS) is 10.6. The summed E-state index contributed by atoms with van der Waals surface area (Å²) in [7, 11) is -3.71. The van der Waals surface area contributed by atoms with Gasteiger partial charge < -0.3 is 5.11 Å². The maximum absolute atomic E-state index is 11.2. The summed E-state index contributed by atoms with van der Waals surface area (Å²) in [5.74, 6) is 5.11. The standard InChI is InChI=1S/C10H11NO3S/c1-8-9(5-3-7-12)4-2-6-10(8)15(11,13)14/h2,4,6,12H,7H2,1H3,(H2,11,13,14). The maximum atomic E-state index is 11.2. The highest BCUT2D eigenvalue weighted by Gasteiger charge is 2.12. The van der Waals surface area contributed by atoms with E-state index in [9.17, 15) is 8.42 Å². The molecule has 4 nitrogen and oxygen atoms in total. The summed E-state index contributed by atoms with van der Waals surface area (Å²) in [5.41, 5.74) is 1.05. The summed E-state index contributed by atoms with van der Waals surface area (Å²) in [6, 6.07) is 4.66. The van der Waals surface area contributed by atoms with Crippen molar-refractivity contribution in [3.8, 4) is 11.8 Å². The number of primary sulfonamides is 1. The smallest absolute Gasteiger partial charge is 0.238 e. The van der Waals surface area contributed by atoms with Crippen LogP contribution in [0.25, 0.3) is 0 Å². The molecule has 0 saturated carbocycles. The van der Waals surface area contributed by atoms with Crippen LogP contribution in [0.4, 0.5) is 0 Å². The summed E-state index contributed by atoms with van der Waals surface area (Å²) in [6.45, 7) is 1.36. The highest BCUT2D eigenvalue weighted by atomic mass is 32.2. The van der Waals surface area contributed by atoms with E-state index in [2.05, 4.69) is 11.8 Å². The average molecular weight is 225 g/mol. The van der Waals surface area contributed by atoms with Gasteiger partial charge in [0.15, 0.2) is 0 Å². The van der Waals surface area contributed by atoms with Gasteiger partial charge in [-0.3, -0.25) is 0 Å². The lowest BCUT2D eigenvalue weighted by Crippen LogP contribution is -2.14. The Kier molecular flexibility index (Phi) is 3.48. The summed E-state index contributed by atoms with van der Waals surface area (Å²) in [6.07, 6.45) is 0. The Balaban J connectivity index is 3.36. The minimum atomic E-state index is -3.71. The zero-order valence-electron chi connectivity index (χ0n) is 8.19. The Morgan fingerprint density at radius 3 is 2.67 bits per heavy atom. The number of sulfonamides is 1. The van der Waals surface area contributed by atoms with Crippen molar-refractivity contribution in [1.29, 1.82) is 0 Å². The van der Waals surface area contributed by atoms with Gasteiger partial charge in [-0.15, -0.1) is 0 Å². The molecule has 1 aromatic rings. The third-order valence-electron chi connectivity index (χ3n) is 1.89. The van der Waals surface area contributed by atoms with E-state index in [0.29, 0.717) is 11.1 Å². The van der Waals surface area contributed by atoms with Crippen molar-refractivity contribution in [3.63, 3.8) is 0 Å². The SMILES string of the molecule is Cc1c(C#CCO)cccc1S(N)(=O)=O. The van der Waals surface area contributed by atoms with E-state index in [1.54, 1.807) is 19.1 Å². The van der Waals surface area contributed by atoms with Gasteiger partial charge in [0.25, 0.3) is 0 Å². The van der Waals surface area contributed by atoms with Gasteiger partial charge in [0.1, 0.15) is 6.61 Å². The molecule has 0 aliphatic heterocycles. The van der Waals surface area contributed by atoms with Crippen LogP contribution in [0.5, 0.6) is 0 Å². The Bertz CT molecular complexity index is 523. The first-order valence-electron chi connectivity index (χ1n) is 4.19. The Hall–Kier alpha value is -1.35. The molecule has 0 aliphatic rings. The maximum Gasteiger partial charge on any atom is 0.238 e. The van der Waals surface area contributed by atoms with Crippen LogP contribution in [0, 0.1) is 18.8 Å². The predicted molar refractivity (Wildman–Crippen MR) is 56.5 cm³/mol. The fraction of sp³-hybridized carbons (Fsp3) is 0.200. The molecule has 1 aromatic carbocycles. The average Bonchev–Trinajstić information content (AvgIpc) is 2.14. The molecular weight excluding hydrogens is 214 g/mol. The first-order valence-corrected chi connectivity index (χ1v) is 5.73. The van der Waals surface area contributed by atoms with Gasteiger partial charge in [-0.1, -0.05) is 17.9 Å². The van der Waals surface area contributed by atoms with Gasteiger partial charge in [-0.25, -0.2) is 13.6 Å². The summed E-state index contributed by atoms with van der Waals surface area (Å²) in [5, 5.41) is 13.6. The Morgan fingerprint density at radius 2 is 2.13 bits per heavy atom. The van der Waals surface area contributed by atoms with Crippen molar-refractivity contribution in [2.75, 3.05) is 6.61 Å². The van der Waals surface area contributed by atoms with E-state index in [4.69, 9.17) is 10.2 Å². The van der Waals surface area contributed by atoms with Crippen molar-refractivity contribution >= 4 is 10.0 Å². The van der Waals surface area contributed by atoms with Crippen LogP contribution in [-0.4, -0.2) is 20.1 Å². The zero-order valence-corrected chi connectivity index (χ0v) is 9.00. The topological polar surface area (TPSA) is 80.4 Å². The van der Waals surface area contributed by atoms with Gasteiger partial charge in [-0.2, -0.15) is 0 Å². The molecule has 0 spiro atoms. The molecule has 0 heterocycles. The fourth-order valence-electron chi connectivity index (χ4n) is 1.19. The van der Waals surface area contributed by atoms with E-state index < -0.39 is 10.0 Å². The third kappa shape index (κ3) is 2.80. The molecule has 0 amide bonds. The number of aliphatic hydroxyl groups is 1. The van der Waals surface area contributed by atoms with Gasteiger partial charge in [0.2, 0.25) is 10.0 Å². The molecule has 0 fully saturated rings. The van der Waals surface area contributed by atoms with Crippen LogP contribution in [0.15, 0.2) is 23.1 Å². The first kappa shape index (κ1) is 11.7. The first-order chi connectivity index (χ1) is 6.96. The van der Waals surface area contributed by atoms with Crippen LogP contribution < -0.4 is 5.14 Å². The van der Waals surface area contributed by atoms with Gasteiger partial charge in [-0.05, 0) is 24.6 Å². The van der Waals surface area contributed by atoms with Crippen molar-refractivity contribution in [2.24, 2.45) is 5.14 Å². The van der Waals surface area contributed by atoms with E-state index in [1.165, 1.54) is 6.07 Å². The quantitative estimate of drug-likeness (QED) is 0.659. The Morgan fingerprint density at radius 1 is 1.47 bits per heavy atom. The van der Waals surface area contributed by atoms with E-state index in [-0.39, 0.29) is 11.5 Å². The molecule has 0 aromatic heterocycles. The minimum Gasteiger partial charge on any atom is -0.384 e. The van der Waals surface area contributed by atoms with Crippen LogP contribution in [0.1, 0.15) is 11.1 Å². The molecule has 80 valence electrons. The zero-order chi connectivity index (χ0) is 11.5. The van der Waals surface area contributed by atoms with Crippen LogP contribution in [-0.2, 0) is 10.0 Å². The van der Waals surface area contributed by atoms with Gasteiger partial charge in [0.05, 0.1) is 4.90 Å². The third-order valence-corrected chi connectivity index (χ3v) is 2.95. The summed E-state index contributed by atoms with van der Waals surface area (Å²) in [4.78, 5) is 0.0623. The molecule has 3 N–H and O–H groups in total. The molecule has 0 bridgehead atoms. The highest BCUT2D eigenvalue weighted by Crippen LogP contribution is 2.16. The summed E-state index contributed by atoms with van der Waals surface area (Å²) >= 11 is 0. The highest BCUT2D eigenvalue weighted by molar-refractivity contribution is 7.89. The molecule has 0 radical (unpaired) electrons. The molecule has 0 atom stereocenters. The molecule has 15 heavy (non-hydrogen) atoms. The van der Waals surface area contributed by atoms with Gasteiger partial charge in [0, 0.05) is 5.56 Å². The predicted octanol–water partition coefficient (Wildman–Crippen LogP) is -0.0138. The lowest BCUT2D eigenvalue weighted by atomic mass is 10.1. The fourth-order valence-corrected chi connectivity index (χ4v) is 2.00. The van der Waals surface area contributed by atoms with Crippen LogP contribution in [0.2, 0.25) is 0 Å². The minimum absolute atomic E-state index is 0.0623. The summed E-state index contributed by atoms with van der Waals surface area (Å²) < 4.78 is 22.3. The monoisotopic (exact) mass is 225 g/mol. The molecular formula is C10H11NO3S. The van der Waals surface area contributed by atoms with Crippen molar-refractivity contribution in [1.82, 2.24) is 0 Å². The largest absolute Gasteiger partial charge is 0.384 e. The molecule has 5 heteroatoms. The van der Waals surface area contributed by atoms with Crippen molar-refractivity contribution in [3.05, 3.63) is 29.3 Å². The molecule has 0 saturated heterocycles. The van der Waals surface area contributed by atoms with Gasteiger partial charge >= 0.3 is 0 Å². The lowest BCUT2D eigenvalue weighted by molar-refractivity contribution is 0.350. The lowest BCUT2D eigenvalue weighted by Gasteiger charge is -2.04. The number of hydrogen-bond acceptors (Lipinski definition) is 3. The second-order valence-corrected chi connectivity index (χ2v) is 4.46. The number of aliphatic hydroxyl groups excluding tert-OH is 1. The van der Waals surface area contributed by atoms with E-state index in [1.807, 2.05) is 0 Å². The molecule has 0 unspecified atom stereocenters.